The number of benzene rings is 2. The fraction of sp³-hybridized carbons (Fsp3) is 0.360. The third kappa shape index (κ3) is 5.68. The van der Waals surface area contributed by atoms with E-state index in [-0.39, 0.29) is 16.1 Å². The number of anilines is 1. The van der Waals surface area contributed by atoms with E-state index in [1.165, 1.54) is 18.2 Å². The molecule has 1 fully saturated rings. The molecule has 0 radical (unpaired) electrons. The van der Waals surface area contributed by atoms with Crippen LogP contribution in [0.4, 0.5) is 19.5 Å². The fourth-order valence-corrected chi connectivity index (χ4v) is 4.27. The number of nitriles is 1. The number of ether oxygens (including phenoxy) is 1. The number of amides is 1. The van der Waals surface area contributed by atoms with E-state index in [0.717, 1.165) is 0 Å². The second-order valence-corrected chi connectivity index (χ2v) is 10.2. The van der Waals surface area contributed by atoms with Gasteiger partial charge in [-0.25, -0.2) is 23.5 Å². The number of fused-ring (bicyclic) bond motifs is 1. The average molecular weight is 544 g/mol. The molecule has 1 aliphatic heterocycles. The Kier molecular flexibility index (Phi) is 6.90. The van der Waals surface area contributed by atoms with Crippen molar-refractivity contribution in [3.63, 3.8) is 0 Å². The number of nitrogens with one attached hydrogen (secondary N) is 1. The van der Waals surface area contributed by atoms with Crippen LogP contribution in [0.2, 0.25) is 0 Å². The topological polar surface area (TPSA) is 91.1 Å². The van der Waals surface area contributed by atoms with Gasteiger partial charge in [0.2, 0.25) is 5.95 Å². The van der Waals surface area contributed by atoms with Crippen LogP contribution in [0.25, 0.3) is 22.2 Å². The van der Waals surface area contributed by atoms with Crippen LogP contribution < -0.4 is 10.2 Å². The van der Waals surface area contributed by atoms with E-state index < -0.39 is 23.3 Å². The van der Waals surface area contributed by atoms with Crippen molar-refractivity contribution in [2.45, 2.75) is 45.3 Å². The van der Waals surface area contributed by atoms with Crippen LogP contribution in [0.5, 0.6) is 0 Å². The maximum absolute atomic E-state index is 14.4. The van der Waals surface area contributed by atoms with Crippen LogP contribution in [0.1, 0.15) is 39.2 Å². The van der Waals surface area contributed by atoms with Crippen molar-refractivity contribution in [3.05, 3.63) is 52.0 Å². The summed E-state index contributed by atoms with van der Waals surface area (Å²) < 4.78 is 34.3. The lowest BCUT2D eigenvalue weighted by molar-refractivity contribution is 0.0497. The molecule has 0 saturated carbocycles. The van der Waals surface area contributed by atoms with Gasteiger partial charge in [-0.3, -0.25) is 0 Å². The molecule has 0 atom stereocenters. The summed E-state index contributed by atoms with van der Waals surface area (Å²) in [6.45, 7) is 6.55. The smallest absolute Gasteiger partial charge is 0.407 e. The largest absolute Gasteiger partial charge is 0.444 e. The molecule has 0 bridgehead atoms. The van der Waals surface area contributed by atoms with E-state index in [1.807, 2.05) is 31.7 Å². The summed E-state index contributed by atoms with van der Waals surface area (Å²) in [5.74, 6) is -0.748. The minimum absolute atomic E-state index is 0.0537. The molecule has 1 amide bonds. The number of carbonyl (C=O) groups excluding carboxylic acids is 1. The first-order chi connectivity index (χ1) is 16.5. The number of rotatable bonds is 3. The SMILES string of the molecule is CC(C)(C)OC(=O)NC1CCN(c2nc(-c3ccc(C#N)c(F)c3)c3cc(Br)c(F)cc3n2)CC1. The highest BCUT2D eigenvalue weighted by atomic mass is 79.9. The Morgan fingerprint density at radius 1 is 1.17 bits per heavy atom. The van der Waals surface area contributed by atoms with Crippen molar-refractivity contribution >= 4 is 38.9 Å². The lowest BCUT2D eigenvalue weighted by Gasteiger charge is -2.33. The Morgan fingerprint density at radius 2 is 1.89 bits per heavy atom. The summed E-state index contributed by atoms with van der Waals surface area (Å²) in [7, 11) is 0. The van der Waals surface area contributed by atoms with Crippen molar-refractivity contribution in [1.29, 1.82) is 5.26 Å². The van der Waals surface area contributed by atoms with Gasteiger partial charge in [-0.2, -0.15) is 5.26 Å². The zero-order valence-electron chi connectivity index (χ0n) is 19.5. The first kappa shape index (κ1) is 24.8. The maximum atomic E-state index is 14.4. The minimum Gasteiger partial charge on any atom is -0.444 e. The predicted octanol–water partition coefficient (Wildman–Crippen LogP) is 5.70. The van der Waals surface area contributed by atoms with Crippen LogP contribution in [0.3, 0.4) is 0 Å². The number of piperidine rings is 1. The van der Waals surface area contributed by atoms with Crippen molar-refractivity contribution in [1.82, 2.24) is 15.3 Å². The van der Waals surface area contributed by atoms with Gasteiger partial charge < -0.3 is 15.0 Å². The Labute approximate surface area is 210 Å². The number of nitrogens with zero attached hydrogens (tertiary/aromatic N) is 4. The van der Waals surface area contributed by atoms with Gasteiger partial charge in [0.25, 0.3) is 0 Å². The molecule has 3 aromatic rings. The number of halogens is 3. The zero-order valence-corrected chi connectivity index (χ0v) is 21.1. The molecular weight excluding hydrogens is 520 g/mol. The number of alkyl carbamates (subject to hydrolysis) is 1. The lowest BCUT2D eigenvalue weighted by atomic mass is 10.0. The molecule has 10 heteroatoms. The van der Waals surface area contributed by atoms with E-state index in [9.17, 15) is 13.6 Å². The summed E-state index contributed by atoms with van der Waals surface area (Å²) in [6.07, 6.45) is 0.843. The van der Waals surface area contributed by atoms with Gasteiger partial charge in [0, 0.05) is 36.1 Å². The first-order valence-corrected chi connectivity index (χ1v) is 11.9. The minimum atomic E-state index is -0.659. The van der Waals surface area contributed by atoms with Crippen LogP contribution in [0.15, 0.2) is 34.8 Å². The maximum Gasteiger partial charge on any atom is 0.407 e. The molecular formula is C25H24BrF2N5O2. The summed E-state index contributed by atoms with van der Waals surface area (Å²) >= 11 is 3.20. The van der Waals surface area contributed by atoms with Crippen LogP contribution in [0, 0.1) is 23.0 Å². The third-order valence-electron chi connectivity index (χ3n) is 5.59. The first-order valence-electron chi connectivity index (χ1n) is 11.2. The lowest BCUT2D eigenvalue weighted by Crippen LogP contribution is -2.46. The molecule has 0 unspecified atom stereocenters. The van der Waals surface area contributed by atoms with Crippen LogP contribution in [-0.2, 0) is 4.74 Å². The molecule has 2 heterocycles. The van der Waals surface area contributed by atoms with Gasteiger partial charge in [-0.1, -0.05) is 6.07 Å². The number of hydrogen-bond donors (Lipinski definition) is 1. The average Bonchev–Trinajstić information content (AvgIpc) is 2.78. The molecule has 1 aromatic heterocycles. The predicted molar refractivity (Wildman–Crippen MR) is 132 cm³/mol. The van der Waals surface area contributed by atoms with E-state index in [2.05, 4.69) is 26.2 Å². The summed E-state index contributed by atoms with van der Waals surface area (Å²) in [5, 5.41) is 12.5. The fourth-order valence-electron chi connectivity index (χ4n) is 3.92. The second kappa shape index (κ2) is 9.74. The zero-order chi connectivity index (χ0) is 25.3. The highest BCUT2D eigenvalue weighted by molar-refractivity contribution is 9.10. The molecule has 1 saturated heterocycles. The van der Waals surface area contributed by atoms with Crippen molar-refractivity contribution in [2.75, 3.05) is 18.0 Å². The molecule has 1 aliphatic rings. The standard InChI is InChI=1S/C25H24BrF2N5O2/c1-25(2,3)35-24(34)30-16-6-8-33(9-7-16)23-31-21-12-20(28)18(26)11-17(21)22(32-23)14-4-5-15(13-29)19(27)10-14/h4-5,10-12,16H,6-9H2,1-3H3,(H,30,34). The van der Waals surface area contributed by atoms with E-state index in [0.29, 0.717) is 54.0 Å². The quantitative estimate of drug-likeness (QED) is 0.455. The Hall–Kier alpha value is -3.32. The van der Waals surface area contributed by atoms with Gasteiger partial charge in [0.05, 0.1) is 21.2 Å². The molecule has 0 spiro atoms. The molecule has 2 aromatic carbocycles. The number of carbonyl (C=O) groups is 1. The number of hydrogen-bond acceptors (Lipinski definition) is 6. The Morgan fingerprint density at radius 3 is 2.51 bits per heavy atom. The molecule has 35 heavy (non-hydrogen) atoms. The van der Waals surface area contributed by atoms with Crippen LogP contribution in [-0.4, -0.2) is 40.8 Å². The van der Waals surface area contributed by atoms with Crippen LogP contribution >= 0.6 is 15.9 Å². The molecule has 182 valence electrons. The number of aromatic nitrogens is 2. The van der Waals surface area contributed by atoms with Crippen molar-refractivity contribution < 1.29 is 18.3 Å². The van der Waals surface area contributed by atoms with E-state index in [1.54, 1.807) is 12.1 Å². The highest BCUT2D eigenvalue weighted by Gasteiger charge is 2.26. The van der Waals surface area contributed by atoms with Gasteiger partial charge in [-0.15, -0.1) is 0 Å². The monoisotopic (exact) mass is 543 g/mol. The summed E-state index contributed by atoms with van der Waals surface area (Å²) in [4.78, 5) is 23.3. The normalized spacial score (nSPS) is 14.6. The molecule has 0 aliphatic carbocycles. The van der Waals surface area contributed by atoms with Gasteiger partial charge in [0.15, 0.2) is 0 Å². The Balaban J connectivity index is 1.63. The Bertz CT molecular complexity index is 1330. The molecule has 4 rings (SSSR count). The van der Waals surface area contributed by atoms with Gasteiger partial charge >= 0.3 is 6.09 Å². The molecule has 7 nitrogen and oxygen atoms in total. The van der Waals surface area contributed by atoms with E-state index >= 15 is 0 Å². The van der Waals surface area contributed by atoms with Gasteiger partial charge in [0.1, 0.15) is 23.3 Å². The van der Waals surface area contributed by atoms with Gasteiger partial charge in [-0.05, 0) is 67.7 Å². The third-order valence-corrected chi connectivity index (χ3v) is 6.20. The molecule has 1 N–H and O–H groups in total. The van der Waals surface area contributed by atoms with Crippen molar-refractivity contribution in [2.24, 2.45) is 0 Å². The summed E-state index contributed by atoms with van der Waals surface area (Å²) in [6, 6.07) is 8.89. The summed E-state index contributed by atoms with van der Waals surface area (Å²) in [5.41, 5.74) is 0.622. The van der Waals surface area contributed by atoms with Crippen molar-refractivity contribution in [3.8, 4) is 17.3 Å². The highest BCUT2D eigenvalue weighted by Crippen LogP contribution is 2.33. The van der Waals surface area contributed by atoms with E-state index in [4.69, 9.17) is 15.0 Å². The second-order valence-electron chi connectivity index (χ2n) is 9.37.